The Morgan fingerprint density at radius 3 is 2.84 bits per heavy atom. The molecule has 0 radical (unpaired) electrons. The van der Waals surface area contributed by atoms with Crippen LogP contribution in [0.5, 0.6) is 0 Å². The molecular formula is C15H24ClN3. The molecule has 106 valence electrons. The molecule has 1 saturated carbocycles. The topological polar surface area (TPSA) is 28.2 Å². The van der Waals surface area contributed by atoms with Gasteiger partial charge in [0.05, 0.1) is 5.02 Å². The second-order valence-corrected chi connectivity index (χ2v) is 5.63. The van der Waals surface area contributed by atoms with Crippen LogP contribution >= 0.6 is 11.6 Å². The van der Waals surface area contributed by atoms with E-state index in [0.717, 1.165) is 36.0 Å². The Morgan fingerprint density at radius 1 is 1.42 bits per heavy atom. The highest BCUT2D eigenvalue weighted by atomic mass is 35.5. The smallest absolute Gasteiger partial charge is 0.128 e. The largest absolute Gasteiger partial charge is 0.357 e. The molecule has 1 aromatic rings. The molecule has 1 aliphatic carbocycles. The fraction of sp³-hybridized carbons (Fsp3) is 0.667. The molecule has 0 aliphatic heterocycles. The highest BCUT2D eigenvalue weighted by Crippen LogP contribution is 2.23. The van der Waals surface area contributed by atoms with Crippen molar-refractivity contribution in [2.75, 3.05) is 18.0 Å². The third kappa shape index (κ3) is 4.36. The first kappa shape index (κ1) is 14.6. The zero-order valence-corrected chi connectivity index (χ0v) is 12.7. The molecule has 0 unspecified atom stereocenters. The lowest BCUT2D eigenvalue weighted by Gasteiger charge is -2.22. The van der Waals surface area contributed by atoms with Crippen LogP contribution in [0, 0.1) is 0 Å². The van der Waals surface area contributed by atoms with Crippen molar-refractivity contribution in [3.8, 4) is 0 Å². The lowest BCUT2D eigenvalue weighted by molar-refractivity contribution is 0.684. The van der Waals surface area contributed by atoms with E-state index in [4.69, 9.17) is 11.6 Å². The van der Waals surface area contributed by atoms with Gasteiger partial charge in [0.1, 0.15) is 5.82 Å². The van der Waals surface area contributed by atoms with Crippen LogP contribution in [0.3, 0.4) is 0 Å². The summed E-state index contributed by atoms with van der Waals surface area (Å²) in [5, 5.41) is 4.28. The van der Waals surface area contributed by atoms with Gasteiger partial charge in [-0.05, 0) is 37.8 Å². The maximum absolute atomic E-state index is 6.23. The van der Waals surface area contributed by atoms with Gasteiger partial charge in [-0.25, -0.2) is 4.98 Å². The van der Waals surface area contributed by atoms with Crippen LogP contribution in [-0.4, -0.2) is 24.1 Å². The molecule has 1 N–H and O–H groups in total. The fourth-order valence-corrected chi connectivity index (χ4v) is 2.27. The molecule has 0 saturated heterocycles. The van der Waals surface area contributed by atoms with Crippen LogP contribution in [0.15, 0.2) is 12.3 Å². The van der Waals surface area contributed by atoms with Gasteiger partial charge in [-0.3, -0.25) is 0 Å². The number of pyridine rings is 1. The van der Waals surface area contributed by atoms with Gasteiger partial charge in [-0.1, -0.05) is 24.9 Å². The van der Waals surface area contributed by atoms with Crippen molar-refractivity contribution in [1.29, 1.82) is 0 Å². The Balaban J connectivity index is 2.03. The van der Waals surface area contributed by atoms with Crippen molar-refractivity contribution >= 4 is 17.4 Å². The van der Waals surface area contributed by atoms with Gasteiger partial charge < -0.3 is 10.2 Å². The summed E-state index contributed by atoms with van der Waals surface area (Å²) >= 11 is 6.23. The summed E-state index contributed by atoms with van der Waals surface area (Å²) in [4.78, 5) is 6.79. The van der Waals surface area contributed by atoms with Gasteiger partial charge >= 0.3 is 0 Å². The molecule has 1 fully saturated rings. The maximum atomic E-state index is 6.23. The summed E-state index contributed by atoms with van der Waals surface area (Å²) in [6, 6.07) is 2.84. The van der Waals surface area contributed by atoms with Crippen LogP contribution in [0.1, 0.15) is 45.1 Å². The normalized spacial score (nSPS) is 14.7. The zero-order chi connectivity index (χ0) is 13.7. The average molecular weight is 282 g/mol. The molecular weight excluding hydrogens is 258 g/mol. The average Bonchev–Trinajstić information content (AvgIpc) is 3.24. The first-order valence-corrected chi connectivity index (χ1v) is 7.75. The molecule has 4 heteroatoms. The van der Waals surface area contributed by atoms with Crippen molar-refractivity contribution in [2.24, 2.45) is 0 Å². The van der Waals surface area contributed by atoms with E-state index in [-0.39, 0.29) is 0 Å². The lowest BCUT2D eigenvalue weighted by Crippen LogP contribution is -2.25. The van der Waals surface area contributed by atoms with Crippen LogP contribution in [-0.2, 0) is 6.54 Å². The Morgan fingerprint density at radius 2 is 2.21 bits per heavy atom. The van der Waals surface area contributed by atoms with E-state index < -0.39 is 0 Å². The predicted octanol–water partition coefficient (Wildman–Crippen LogP) is 3.61. The number of unbranched alkanes of at least 4 members (excludes halogenated alkanes) is 1. The molecule has 1 aromatic heterocycles. The molecule has 1 heterocycles. The monoisotopic (exact) mass is 281 g/mol. The molecule has 0 bridgehead atoms. The number of halogens is 1. The van der Waals surface area contributed by atoms with Gasteiger partial charge in [0.15, 0.2) is 0 Å². The number of nitrogens with zero attached hydrogens (tertiary/aromatic N) is 2. The van der Waals surface area contributed by atoms with Crippen LogP contribution < -0.4 is 10.2 Å². The van der Waals surface area contributed by atoms with E-state index in [1.807, 2.05) is 0 Å². The first-order chi connectivity index (χ1) is 9.24. The number of aromatic nitrogens is 1. The van der Waals surface area contributed by atoms with Gasteiger partial charge in [-0.2, -0.15) is 0 Å². The second-order valence-electron chi connectivity index (χ2n) is 5.22. The SMILES string of the molecule is CCCCN(CC)c1cc(CNC2CC2)c(Cl)cn1. The van der Waals surface area contributed by atoms with E-state index in [2.05, 4.69) is 35.1 Å². The van der Waals surface area contributed by atoms with Gasteiger partial charge in [-0.15, -0.1) is 0 Å². The summed E-state index contributed by atoms with van der Waals surface area (Å²) in [5.74, 6) is 1.05. The van der Waals surface area contributed by atoms with Crippen molar-refractivity contribution < 1.29 is 0 Å². The standard InChI is InChI=1S/C15H24ClN3/c1-3-5-8-19(4-2)15-9-12(14(16)11-18-15)10-17-13-6-7-13/h9,11,13,17H,3-8,10H2,1-2H3. The van der Waals surface area contributed by atoms with E-state index >= 15 is 0 Å². The van der Waals surface area contributed by atoms with Gasteiger partial charge in [0, 0.05) is 31.9 Å². The van der Waals surface area contributed by atoms with E-state index in [9.17, 15) is 0 Å². The molecule has 0 aromatic carbocycles. The molecule has 3 nitrogen and oxygen atoms in total. The highest BCUT2D eigenvalue weighted by Gasteiger charge is 2.20. The molecule has 2 rings (SSSR count). The van der Waals surface area contributed by atoms with Crippen molar-refractivity contribution in [3.05, 3.63) is 22.8 Å². The summed E-state index contributed by atoms with van der Waals surface area (Å²) in [6.45, 7) is 7.30. The van der Waals surface area contributed by atoms with Gasteiger partial charge in [0.2, 0.25) is 0 Å². The Kier molecular flexibility index (Phi) is 5.46. The summed E-state index contributed by atoms with van der Waals surface area (Å²) in [6.07, 6.45) is 6.80. The number of rotatable bonds is 8. The molecule has 0 spiro atoms. The fourth-order valence-electron chi connectivity index (χ4n) is 2.10. The summed E-state index contributed by atoms with van der Waals surface area (Å²) in [5.41, 5.74) is 1.16. The van der Waals surface area contributed by atoms with Crippen molar-refractivity contribution in [3.63, 3.8) is 0 Å². The van der Waals surface area contributed by atoms with Gasteiger partial charge in [0.25, 0.3) is 0 Å². The minimum atomic E-state index is 0.704. The maximum Gasteiger partial charge on any atom is 0.128 e. The lowest BCUT2D eigenvalue weighted by atomic mass is 10.2. The predicted molar refractivity (Wildman–Crippen MR) is 81.9 cm³/mol. The number of nitrogens with one attached hydrogen (secondary N) is 1. The quantitative estimate of drug-likeness (QED) is 0.789. The van der Waals surface area contributed by atoms with E-state index in [0.29, 0.717) is 6.04 Å². The molecule has 0 atom stereocenters. The van der Waals surface area contributed by atoms with Crippen molar-refractivity contribution in [1.82, 2.24) is 10.3 Å². The van der Waals surface area contributed by atoms with Crippen molar-refractivity contribution in [2.45, 2.75) is 52.1 Å². The summed E-state index contributed by atoms with van der Waals surface area (Å²) in [7, 11) is 0. The molecule has 1 aliphatic rings. The van der Waals surface area contributed by atoms with Crippen LogP contribution in [0.25, 0.3) is 0 Å². The third-order valence-corrected chi connectivity index (χ3v) is 3.91. The summed E-state index contributed by atoms with van der Waals surface area (Å²) < 4.78 is 0. The zero-order valence-electron chi connectivity index (χ0n) is 12.0. The third-order valence-electron chi connectivity index (χ3n) is 3.57. The number of anilines is 1. The molecule has 0 amide bonds. The van der Waals surface area contributed by atoms with Crippen LogP contribution in [0.4, 0.5) is 5.82 Å². The Bertz CT molecular complexity index is 404. The van der Waals surface area contributed by atoms with E-state index in [1.54, 1.807) is 6.20 Å². The first-order valence-electron chi connectivity index (χ1n) is 7.37. The second kappa shape index (κ2) is 7.11. The molecule has 19 heavy (non-hydrogen) atoms. The Hall–Kier alpha value is -0.800. The van der Waals surface area contributed by atoms with E-state index in [1.165, 1.54) is 25.7 Å². The Labute approximate surface area is 121 Å². The minimum Gasteiger partial charge on any atom is -0.357 e. The highest BCUT2D eigenvalue weighted by molar-refractivity contribution is 6.31. The number of hydrogen-bond acceptors (Lipinski definition) is 3. The van der Waals surface area contributed by atoms with Crippen LogP contribution in [0.2, 0.25) is 5.02 Å². The number of hydrogen-bond donors (Lipinski definition) is 1. The minimum absolute atomic E-state index is 0.704.